The first-order chi connectivity index (χ1) is 9.16. The molecule has 2 N–H and O–H groups in total. The molecule has 0 amide bonds. The Morgan fingerprint density at radius 3 is 2.16 bits per heavy atom. The molecule has 0 saturated carbocycles. The second-order valence-electron chi connectivity index (χ2n) is 4.71. The molecule has 0 aliphatic heterocycles. The lowest BCUT2D eigenvalue weighted by molar-refractivity contribution is -0.786. The van der Waals surface area contributed by atoms with E-state index >= 15 is 0 Å². The summed E-state index contributed by atoms with van der Waals surface area (Å²) in [6, 6.07) is 17.8. The van der Waals surface area contributed by atoms with Gasteiger partial charge in [-0.2, -0.15) is 0 Å². The minimum atomic E-state index is 0.280. The van der Waals surface area contributed by atoms with Crippen molar-refractivity contribution in [3.63, 3.8) is 0 Å². The lowest BCUT2D eigenvalue weighted by Gasteiger charge is -2.05. The summed E-state index contributed by atoms with van der Waals surface area (Å²) in [5.74, 6) is 0.280. The monoisotopic (exact) mass is 253 g/mol. The van der Waals surface area contributed by atoms with Gasteiger partial charge in [-0.05, 0) is 48.0 Å². The molecule has 0 fully saturated rings. The standard InChI is InChI=1S/C17H17NO/c1-18(2)16-11-8-14(9-12-16)10-13-17(19)15-6-4-3-5-7-15/h3-13H,1-2H3/p+2/b13-10+. The van der Waals surface area contributed by atoms with Crippen molar-refractivity contribution in [2.45, 2.75) is 0 Å². The van der Waals surface area contributed by atoms with Gasteiger partial charge in [-0.15, -0.1) is 0 Å². The van der Waals surface area contributed by atoms with Crippen LogP contribution in [0.25, 0.3) is 6.08 Å². The highest BCUT2D eigenvalue weighted by Crippen LogP contribution is 2.08. The molecule has 2 heteroatoms. The average molecular weight is 253 g/mol. The van der Waals surface area contributed by atoms with Crippen molar-refractivity contribution >= 4 is 17.5 Å². The summed E-state index contributed by atoms with van der Waals surface area (Å²) < 4.78 is 0. The zero-order valence-electron chi connectivity index (χ0n) is 11.3. The first kappa shape index (κ1) is 13.2. The van der Waals surface area contributed by atoms with Gasteiger partial charge in [0.15, 0.2) is 0 Å². The zero-order chi connectivity index (χ0) is 13.7. The molecule has 96 valence electrons. The molecule has 0 aromatic heterocycles. The largest absolute Gasteiger partial charge is 0.347 e. The average Bonchev–Trinajstić information content (AvgIpc) is 2.46. The minimum absolute atomic E-state index is 0.280. The van der Waals surface area contributed by atoms with Gasteiger partial charge in [0.1, 0.15) is 5.69 Å². The Kier molecular flexibility index (Phi) is 4.26. The van der Waals surface area contributed by atoms with Gasteiger partial charge in [-0.25, -0.2) is 0 Å². The molecule has 0 unspecified atom stereocenters. The van der Waals surface area contributed by atoms with Crippen LogP contribution in [0.4, 0.5) is 5.69 Å². The Hall–Kier alpha value is -2.19. The third-order valence-electron chi connectivity index (χ3n) is 2.99. The van der Waals surface area contributed by atoms with E-state index in [0.29, 0.717) is 0 Å². The first-order valence-corrected chi connectivity index (χ1v) is 6.37. The molecule has 2 aromatic rings. The lowest BCUT2D eigenvalue weighted by Crippen LogP contribution is -3.00. The fourth-order valence-corrected chi connectivity index (χ4v) is 1.81. The number of hydrogen-bond acceptors (Lipinski definition) is 0. The van der Waals surface area contributed by atoms with E-state index in [1.54, 1.807) is 6.08 Å². The number of hydrogen-bond donors (Lipinski definition) is 1. The normalized spacial score (nSPS) is 11.1. The Balaban J connectivity index is 2.08. The Labute approximate surface area is 114 Å². The van der Waals surface area contributed by atoms with Crippen LogP contribution in [0.15, 0.2) is 60.7 Å². The lowest BCUT2D eigenvalue weighted by atomic mass is 10.1. The first-order valence-electron chi connectivity index (χ1n) is 6.37. The van der Waals surface area contributed by atoms with Crippen molar-refractivity contribution in [1.29, 1.82) is 0 Å². The van der Waals surface area contributed by atoms with Crippen molar-refractivity contribution in [1.82, 2.24) is 0 Å². The van der Waals surface area contributed by atoms with Gasteiger partial charge in [0.2, 0.25) is 0 Å². The second kappa shape index (κ2) is 6.12. The molecule has 0 spiro atoms. The van der Waals surface area contributed by atoms with Crippen molar-refractivity contribution in [3.8, 4) is 0 Å². The van der Waals surface area contributed by atoms with Crippen LogP contribution in [0.2, 0.25) is 0 Å². The predicted octanol–water partition coefficient (Wildman–Crippen LogP) is 2.07. The van der Waals surface area contributed by atoms with Gasteiger partial charge in [-0.3, -0.25) is 4.79 Å². The minimum Gasteiger partial charge on any atom is -0.307 e. The molecule has 0 aliphatic rings. The number of carbonyl (C=O) groups excluding carboxylic acids is 1. The molecule has 0 atom stereocenters. The highest BCUT2D eigenvalue weighted by molar-refractivity contribution is 6.07. The second-order valence-corrected chi connectivity index (χ2v) is 4.71. The van der Waals surface area contributed by atoms with Crippen molar-refractivity contribution in [2.75, 3.05) is 14.1 Å². The fourth-order valence-electron chi connectivity index (χ4n) is 1.81. The molecule has 0 heterocycles. The number of ketones is 1. The van der Waals surface area contributed by atoms with E-state index in [-0.39, 0.29) is 5.78 Å². The van der Waals surface area contributed by atoms with Crippen LogP contribution in [0.3, 0.4) is 0 Å². The van der Waals surface area contributed by atoms with Crippen LogP contribution >= 0.6 is 0 Å². The molecule has 0 aliphatic carbocycles. The number of nitrogens with one attached hydrogen (secondary N) is 1. The predicted molar refractivity (Wildman–Crippen MR) is 80.4 cm³/mol. The van der Waals surface area contributed by atoms with Gasteiger partial charge in [0, 0.05) is 6.08 Å². The van der Waals surface area contributed by atoms with Crippen LogP contribution in [0.1, 0.15) is 11.1 Å². The summed E-state index contributed by atoms with van der Waals surface area (Å²) >= 11 is 0. The van der Waals surface area contributed by atoms with Gasteiger partial charge in [-0.1, -0.05) is 18.2 Å². The molecule has 19 heavy (non-hydrogen) atoms. The molecular formula is C17H19NO+2. The maximum atomic E-state index is 9.95. The van der Waals surface area contributed by atoms with Crippen molar-refractivity contribution in [3.05, 3.63) is 71.8 Å². The van der Waals surface area contributed by atoms with Crippen LogP contribution < -0.4 is 4.90 Å². The van der Waals surface area contributed by atoms with Gasteiger partial charge in [0.25, 0.3) is 0 Å². The number of quaternary nitrogens is 1. The van der Waals surface area contributed by atoms with Gasteiger partial charge in [0.05, 0.1) is 19.7 Å². The smallest absolute Gasteiger partial charge is 0.307 e. The molecule has 2 nitrogen and oxygen atoms in total. The van der Waals surface area contributed by atoms with Crippen molar-refractivity contribution < 1.29 is 9.69 Å². The maximum Gasteiger partial charge on any atom is 0.347 e. The summed E-state index contributed by atoms with van der Waals surface area (Å²) in [7, 11) is 4.19. The van der Waals surface area contributed by atoms with E-state index in [0.717, 1.165) is 11.1 Å². The highest BCUT2D eigenvalue weighted by atomic mass is 16.1. The number of rotatable bonds is 4. The van der Waals surface area contributed by atoms with E-state index in [1.807, 2.05) is 36.4 Å². The van der Waals surface area contributed by atoms with Crippen molar-refractivity contribution in [2.24, 2.45) is 0 Å². The van der Waals surface area contributed by atoms with E-state index in [2.05, 4.69) is 38.4 Å². The summed E-state index contributed by atoms with van der Waals surface area (Å²) in [6.45, 7) is 0. The van der Waals surface area contributed by atoms with Crippen LogP contribution in [0.5, 0.6) is 0 Å². The van der Waals surface area contributed by atoms with E-state index in [4.69, 9.17) is 0 Å². The van der Waals surface area contributed by atoms with Crippen LogP contribution in [-0.4, -0.2) is 24.7 Å². The summed E-state index contributed by atoms with van der Waals surface area (Å²) in [5.41, 5.74) is 3.15. The molecule has 2 rings (SSSR count). The summed E-state index contributed by atoms with van der Waals surface area (Å²) in [5, 5.41) is 0. The highest BCUT2D eigenvalue weighted by Gasteiger charge is 2.06. The zero-order valence-corrected chi connectivity index (χ0v) is 11.3. The quantitative estimate of drug-likeness (QED) is 0.490. The number of allylic oxidation sites excluding steroid dienone is 1. The molecule has 0 radical (unpaired) electrons. The summed E-state index contributed by atoms with van der Waals surface area (Å²) in [6.07, 6.45) is 3.64. The Morgan fingerprint density at radius 1 is 0.947 bits per heavy atom. The van der Waals surface area contributed by atoms with Gasteiger partial charge < -0.3 is 4.90 Å². The molecule has 2 aromatic carbocycles. The van der Waals surface area contributed by atoms with E-state index in [9.17, 15) is 4.79 Å². The Morgan fingerprint density at radius 2 is 1.58 bits per heavy atom. The SMILES string of the molecule is C[NH+](C)c1ccc(/C=C/C(=[OH+])c2ccccc2)cc1. The maximum absolute atomic E-state index is 9.95. The molecular weight excluding hydrogens is 234 g/mol. The van der Waals surface area contributed by atoms with Crippen LogP contribution in [-0.2, 0) is 0 Å². The molecule has 0 saturated heterocycles. The fraction of sp³-hybridized carbons (Fsp3) is 0.118. The third-order valence-corrected chi connectivity index (χ3v) is 2.99. The Bertz CT molecular complexity index is 568. The van der Waals surface area contributed by atoms with E-state index in [1.165, 1.54) is 10.6 Å². The third kappa shape index (κ3) is 3.63. The summed E-state index contributed by atoms with van der Waals surface area (Å²) in [4.78, 5) is 11.3. The van der Waals surface area contributed by atoms with Gasteiger partial charge >= 0.3 is 5.78 Å². The topological polar surface area (TPSA) is 25.8 Å². The van der Waals surface area contributed by atoms with E-state index < -0.39 is 0 Å². The number of benzene rings is 2. The van der Waals surface area contributed by atoms with Crippen LogP contribution in [0, 0.1) is 0 Å². The molecule has 0 bridgehead atoms.